The number of methoxy groups -OCH3 is 1. The summed E-state index contributed by atoms with van der Waals surface area (Å²) in [4.78, 5) is 0. The fourth-order valence-electron chi connectivity index (χ4n) is 2.52. The molecule has 0 saturated carbocycles. The molecule has 1 atom stereocenters. The van der Waals surface area contributed by atoms with E-state index in [1.165, 1.54) is 32.8 Å². The zero-order chi connectivity index (χ0) is 14.8. The first-order chi connectivity index (χ1) is 9.72. The minimum absolute atomic E-state index is 0.216. The molecule has 0 aliphatic heterocycles. The van der Waals surface area contributed by atoms with Gasteiger partial charge in [-0.3, -0.25) is 0 Å². The molecule has 1 N–H and O–H groups in total. The summed E-state index contributed by atoms with van der Waals surface area (Å²) >= 11 is 0. The van der Waals surface area contributed by atoms with Gasteiger partial charge in [0.15, 0.2) is 11.6 Å². The van der Waals surface area contributed by atoms with Crippen molar-refractivity contribution in [2.45, 2.75) is 58.4 Å². The Kier molecular flexibility index (Phi) is 8.28. The van der Waals surface area contributed by atoms with Crippen molar-refractivity contribution in [1.82, 2.24) is 5.32 Å². The smallest absolute Gasteiger partial charge is 0.168 e. The summed E-state index contributed by atoms with van der Waals surface area (Å²) in [5.74, 6) is 0.121. The van der Waals surface area contributed by atoms with E-state index in [-0.39, 0.29) is 5.82 Å². The molecule has 0 aliphatic carbocycles. The van der Waals surface area contributed by atoms with E-state index in [2.05, 4.69) is 19.2 Å². The Balaban J connectivity index is 2.60. The fourth-order valence-corrected chi connectivity index (χ4v) is 2.52. The van der Waals surface area contributed by atoms with E-state index in [0.717, 1.165) is 24.9 Å². The van der Waals surface area contributed by atoms with E-state index < -0.39 is 0 Å². The quantitative estimate of drug-likeness (QED) is 0.645. The lowest BCUT2D eigenvalue weighted by Crippen LogP contribution is -2.31. The molecule has 0 fully saturated rings. The topological polar surface area (TPSA) is 21.3 Å². The maximum absolute atomic E-state index is 14.2. The van der Waals surface area contributed by atoms with Gasteiger partial charge in [0, 0.05) is 6.04 Å². The molecule has 0 amide bonds. The molecule has 1 aromatic carbocycles. The molecule has 114 valence electrons. The van der Waals surface area contributed by atoms with Crippen LogP contribution in [0, 0.1) is 5.82 Å². The summed E-state index contributed by atoms with van der Waals surface area (Å²) < 4.78 is 19.2. The van der Waals surface area contributed by atoms with Crippen LogP contribution in [-0.4, -0.2) is 19.7 Å². The maximum atomic E-state index is 14.2. The molecule has 2 nitrogen and oxygen atoms in total. The van der Waals surface area contributed by atoms with Crippen molar-refractivity contribution in [2.24, 2.45) is 0 Å². The average Bonchev–Trinajstić information content (AvgIpc) is 2.46. The standard InChI is InChI=1S/C17H28FNO/c1-4-6-7-8-11-15(19-5-2)13-14-10-9-12-16(20-3)17(14)18/h9-10,12,15,19H,4-8,11,13H2,1-3H3. The van der Waals surface area contributed by atoms with Gasteiger partial charge in [-0.1, -0.05) is 51.7 Å². The second-order valence-electron chi connectivity index (χ2n) is 5.24. The van der Waals surface area contributed by atoms with Gasteiger partial charge in [-0.25, -0.2) is 4.39 Å². The number of ether oxygens (including phenoxy) is 1. The van der Waals surface area contributed by atoms with Crippen LogP contribution >= 0.6 is 0 Å². The lowest BCUT2D eigenvalue weighted by molar-refractivity contribution is 0.381. The van der Waals surface area contributed by atoms with E-state index in [4.69, 9.17) is 4.74 Å². The number of rotatable bonds is 10. The third-order valence-corrected chi connectivity index (χ3v) is 3.63. The molecular formula is C17H28FNO. The van der Waals surface area contributed by atoms with Gasteiger partial charge >= 0.3 is 0 Å². The molecule has 3 heteroatoms. The van der Waals surface area contributed by atoms with Gasteiger partial charge in [0.05, 0.1) is 7.11 Å². The first-order valence-corrected chi connectivity index (χ1v) is 7.77. The zero-order valence-corrected chi connectivity index (χ0v) is 13.0. The van der Waals surface area contributed by atoms with Crippen LogP contribution in [0.25, 0.3) is 0 Å². The number of likely N-dealkylation sites (N-methyl/N-ethyl adjacent to an activating group) is 1. The van der Waals surface area contributed by atoms with E-state index in [0.29, 0.717) is 11.8 Å². The van der Waals surface area contributed by atoms with E-state index in [9.17, 15) is 4.39 Å². The monoisotopic (exact) mass is 281 g/mol. The third kappa shape index (κ3) is 5.49. The van der Waals surface area contributed by atoms with Crippen molar-refractivity contribution in [3.8, 4) is 5.75 Å². The molecule has 0 aliphatic rings. The highest BCUT2D eigenvalue weighted by Crippen LogP contribution is 2.22. The summed E-state index contributed by atoms with van der Waals surface area (Å²) in [7, 11) is 1.51. The van der Waals surface area contributed by atoms with E-state index in [1.807, 2.05) is 12.1 Å². The van der Waals surface area contributed by atoms with Gasteiger partial charge in [-0.2, -0.15) is 0 Å². The van der Waals surface area contributed by atoms with Crippen LogP contribution in [0.15, 0.2) is 18.2 Å². The van der Waals surface area contributed by atoms with Gasteiger partial charge in [-0.05, 0) is 31.0 Å². The van der Waals surface area contributed by atoms with Crippen molar-refractivity contribution in [2.75, 3.05) is 13.7 Å². The number of hydrogen-bond acceptors (Lipinski definition) is 2. The number of benzene rings is 1. The minimum atomic E-state index is -0.216. The van der Waals surface area contributed by atoms with Gasteiger partial charge < -0.3 is 10.1 Å². The highest BCUT2D eigenvalue weighted by molar-refractivity contribution is 5.31. The summed E-state index contributed by atoms with van der Waals surface area (Å²) in [6, 6.07) is 5.73. The second kappa shape index (κ2) is 9.76. The normalized spacial score (nSPS) is 12.4. The molecular weight excluding hydrogens is 253 g/mol. The van der Waals surface area contributed by atoms with Crippen molar-refractivity contribution in [3.63, 3.8) is 0 Å². The first-order valence-electron chi connectivity index (χ1n) is 7.77. The van der Waals surface area contributed by atoms with Gasteiger partial charge in [0.1, 0.15) is 0 Å². The van der Waals surface area contributed by atoms with Gasteiger partial charge in [0.25, 0.3) is 0 Å². The third-order valence-electron chi connectivity index (χ3n) is 3.63. The Morgan fingerprint density at radius 2 is 2.00 bits per heavy atom. The Labute approximate surface area is 122 Å². The van der Waals surface area contributed by atoms with Crippen LogP contribution in [-0.2, 0) is 6.42 Å². The molecule has 1 unspecified atom stereocenters. The molecule has 0 saturated heterocycles. The van der Waals surface area contributed by atoms with Crippen LogP contribution in [0.3, 0.4) is 0 Å². The molecule has 0 spiro atoms. The lowest BCUT2D eigenvalue weighted by Gasteiger charge is -2.19. The number of hydrogen-bond donors (Lipinski definition) is 1. The van der Waals surface area contributed by atoms with Crippen LogP contribution in [0.5, 0.6) is 5.75 Å². The average molecular weight is 281 g/mol. The molecule has 0 radical (unpaired) electrons. The predicted octanol–water partition coefficient (Wildman–Crippen LogP) is 4.33. The SMILES string of the molecule is CCCCCCC(Cc1cccc(OC)c1F)NCC. The fraction of sp³-hybridized carbons (Fsp3) is 0.647. The maximum Gasteiger partial charge on any atom is 0.168 e. The van der Waals surface area contributed by atoms with Crippen molar-refractivity contribution in [3.05, 3.63) is 29.6 Å². The first kappa shape index (κ1) is 17.0. The molecule has 1 rings (SSSR count). The molecule has 0 aromatic heterocycles. The van der Waals surface area contributed by atoms with Gasteiger partial charge in [-0.15, -0.1) is 0 Å². The highest BCUT2D eigenvalue weighted by Gasteiger charge is 2.14. The molecule has 0 bridgehead atoms. The summed E-state index contributed by atoms with van der Waals surface area (Å²) in [6.45, 7) is 5.23. The largest absolute Gasteiger partial charge is 0.494 e. The van der Waals surface area contributed by atoms with E-state index in [1.54, 1.807) is 6.07 Å². The summed E-state index contributed by atoms with van der Waals surface area (Å²) in [5, 5.41) is 3.47. The Morgan fingerprint density at radius 3 is 2.65 bits per heavy atom. The number of unbranched alkanes of at least 4 members (excludes halogenated alkanes) is 3. The Bertz CT molecular complexity index is 381. The Morgan fingerprint density at radius 1 is 1.20 bits per heavy atom. The lowest BCUT2D eigenvalue weighted by atomic mass is 9.99. The minimum Gasteiger partial charge on any atom is -0.494 e. The molecule has 1 aromatic rings. The molecule has 20 heavy (non-hydrogen) atoms. The summed E-state index contributed by atoms with van der Waals surface area (Å²) in [5.41, 5.74) is 0.741. The van der Waals surface area contributed by atoms with Crippen LogP contribution in [0.1, 0.15) is 51.5 Å². The van der Waals surface area contributed by atoms with Crippen molar-refractivity contribution >= 4 is 0 Å². The predicted molar refractivity (Wildman–Crippen MR) is 82.9 cm³/mol. The molecule has 0 heterocycles. The van der Waals surface area contributed by atoms with Crippen molar-refractivity contribution in [1.29, 1.82) is 0 Å². The highest BCUT2D eigenvalue weighted by atomic mass is 19.1. The second-order valence-corrected chi connectivity index (χ2v) is 5.24. The summed E-state index contributed by atoms with van der Waals surface area (Å²) in [6.07, 6.45) is 6.83. The van der Waals surface area contributed by atoms with Crippen LogP contribution in [0.4, 0.5) is 4.39 Å². The number of nitrogens with one attached hydrogen (secondary N) is 1. The zero-order valence-electron chi connectivity index (χ0n) is 13.0. The Hall–Kier alpha value is -1.09. The van der Waals surface area contributed by atoms with Crippen LogP contribution in [0.2, 0.25) is 0 Å². The van der Waals surface area contributed by atoms with Crippen molar-refractivity contribution < 1.29 is 9.13 Å². The number of halogens is 1. The van der Waals surface area contributed by atoms with E-state index >= 15 is 0 Å². The van der Waals surface area contributed by atoms with Crippen LogP contribution < -0.4 is 10.1 Å². The van der Waals surface area contributed by atoms with Gasteiger partial charge in [0.2, 0.25) is 0 Å².